The molecule has 1 aromatic carbocycles. The highest BCUT2D eigenvalue weighted by molar-refractivity contribution is 5.32. The van der Waals surface area contributed by atoms with Gasteiger partial charge in [0.15, 0.2) is 0 Å². The van der Waals surface area contributed by atoms with E-state index in [1.807, 2.05) is 20.8 Å². The predicted octanol–water partition coefficient (Wildman–Crippen LogP) is 2.87. The SMILES string of the molecule is CC(C)(C)c1cn(-c2ccc(F)cc2)c(=O)o1. The van der Waals surface area contributed by atoms with Gasteiger partial charge in [-0.2, -0.15) is 0 Å². The largest absolute Gasteiger partial charge is 0.423 e. The molecule has 0 amide bonds. The van der Waals surface area contributed by atoms with Crippen molar-refractivity contribution in [2.24, 2.45) is 0 Å². The van der Waals surface area contributed by atoms with Crippen molar-refractivity contribution in [2.45, 2.75) is 26.2 Å². The van der Waals surface area contributed by atoms with Crippen molar-refractivity contribution in [3.63, 3.8) is 0 Å². The highest BCUT2D eigenvalue weighted by atomic mass is 19.1. The number of oxazole rings is 1. The Hall–Kier alpha value is -1.84. The minimum atomic E-state index is -0.457. The molecule has 0 fully saturated rings. The summed E-state index contributed by atoms with van der Waals surface area (Å²) in [5.74, 6) is -0.185. The maximum absolute atomic E-state index is 12.8. The van der Waals surface area contributed by atoms with Gasteiger partial charge in [-0.15, -0.1) is 0 Å². The first kappa shape index (κ1) is 11.6. The van der Waals surface area contributed by atoms with Crippen LogP contribution in [0, 0.1) is 5.82 Å². The molecule has 0 saturated heterocycles. The third-order valence-corrected chi connectivity index (χ3v) is 2.48. The molecule has 0 spiro atoms. The molecule has 0 aliphatic heterocycles. The molecule has 0 bridgehead atoms. The average Bonchev–Trinajstić information content (AvgIpc) is 2.61. The molecule has 90 valence electrons. The maximum Gasteiger partial charge on any atom is 0.423 e. The maximum atomic E-state index is 12.8. The van der Waals surface area contributed by atoms with Crippen molar-refractivity contribution < 1.29 is 8.81 Å². The third-order valence-electron chi connectivity index (χ3n) is 2.48. The number of benzene rings is 1. The second kappa shape index (κ2) is 3.87. The summed E-state index contributed by atoms with van der Waals surface area (Å²) in [6.45, 7) is 5.88. The number of rotatable bonds is 1. The predicted molar refractivity (Wildman–Crippen MR) is 63.0 cm³/mol. The van der Waals surface area contributed by atoms with E-state index in [9.17, 15) is 9.18 Å². The fourth-order valence-corrected chi connectivity index (χ4v) is 1.47. The first-order valence-electron chi connectivity index (χ1n) is 5.37. The molecule has 2 aromatic rings. The normalized spacial score (nSPS) is 11.8. The van der Waals surface area contributed by atoms with Crippen molar-refractivity contribution in [2.75, 3.05) is 0 Å². The number of hydrogen-bond donors (Lipinski definition) is 0. The van der Waals surface area contributed by atoms with Gasteiger partial charge in [0.25, 0.3) is 0 Å². The number of hydrogen-bond acceptors (Lipinski definition) is 2. The van der Waals surface area contributed by atoms with Crippen molar-refractivity contribution >= 4 is 0 Å². The monoisotopic (exact) mass is 235 g/mol. The molecule has 0 atom stereocenters. The summed E-state index contributed by atoms with van der Waals surface area (Å²) in [5, 5.41) is 0. The number of nitrogens with zero attached hydrogens (tertiary/aromatic N) is 1. The zero-order valence-corrected chi connectivity index (χ0v) is 10.0. The Morgan fingerprint density at radius 1 is 1.18 bits per heavy atom. The molecule has 4 heteroatoms. The van der Waals surface area contributed by atoms with E-state index in [2.05, 4.69) is 0 Å². The van der Waals surface area contributed by atoms with Crippen molar-refractivity contribution in [1.29, 1.82) is 0 Å². The third kappa shape index (κ3) is 2.30. The van der Waals surface area contributed by atoms with Gasteiger partial charge in [-0.1, -0.05) is 20.8 Å². The van der Waals surface area contributed by atoms with Gasteiger partial charge in [0.05, 0.1) is 11.9 Å². The van der Waals surface area contributed by atoms with Crippen LogP contribution < -0.4 is 5.76 Å². The Morgan fingerprint density at radius 2 is 1.76 bits per heavy atom. The average molecular weight is 235 g/mol. The molecule has 1 heterocycles. The quantitative estimate of drug-likeness (QED) is 0.761. The number of aromatic nitrogens is 1. The van der Waals surface area contributed by atoms with Crippen LogP contribution in [0.2, 0.25) is 0 Å². The lowest BCUT2D eigenvalue weighted by Crippen LogP contribution is -2.10. The molecular weight excluding hydrogens is 221 g/mol. The Morgan fingerprint density at radius 3 is 2.24 bits per heavy atom. The second-order valence-corrected chi connectivity index (χ2v) is 4.96. The van der Waals surface area contributed by atoms with E-state index >= 15 is 0 Å². The van der Waals surface area contributed by atoms with Gasteiger partial charge in [0.1, 0.15) is 11.6 Å². The molecule has 17 heavy (non-hydrogen) atoms. The molecule has 0 radical (unpaired) electrons. The smallest absolute Gasteiger partial charge is 0.412 e. The van der Waals surface area contributed by atoms with Crippen molar-refractivity contribution in [3.05, 3.63) is 52.6 Å². The van der Waals surface area contributed by atoms with Gasteiger partial charge >= 0.3 is 5.76 Å². The van der Waals surface area contributed by atoms with Gasteiger partial charge in [-0.25, -0.2) is 13.8 Å². The van der Waals surface area contributed by atoms with Crippen LogP contribution in [-0.4, -0.2) is 4.57 Å². The summed E-state index contributed by atoms with van der Waals surface area (Å²) >= 11 is 0. The lowest BCUT2D eigenvalue weighted by molar-refractivity contribution is 0.385. The van der Waals surface area contributed by atoms with Gasteiger partial charge in [0.2, 0.25) is 0 Å². The van der Waals surface area contributed by atoms with E-state index in [1.165, 1.54) is 16.7 Å². The van der Waals surface area contributed by atoms with Crippen molar-refractivity contribution in [1.82, 2.24) is 4.57 Å². The minimum Gasteiger partial charge on any atom is -0.412 e. The first-order valence-corrected chi connectivity index (χ1v) is 5.37. The Bertz CT molecular complexity index is 573. The highest BCUT2D eigenvalue weighted by Crippen LogP contribution is 2.21. The Kier molecular flexibility index (Phi) is 2.65. The first-order chi connectivity index (χ1) is 7.88. The van der Waals surface area contributed by atoms with Gasteiger partial charge in [-0.3, -0.25) is 0 Å². The lowest BCUT2D eigenvalue weighted by atomic mass is 9.94. The fraction of sp³-hybridized carbons (Fsp3) is 0.308. The van der Waals surface area contributed by atoms with Crippen LogP contribution in [0.15, 0.2) is 39.7 Å². The van der Waals surface area contributed by atoms with Crippen molar-refractivity contribution in [3.8, 4) is 5.69 Å². The summed E-state index contributed by atoms with van der Waals surface area (Å²) in [6, 6.07) is 5.70. The highest BCUT2D eigenvalue weighted by Gasteiger charge is 2.20. The van der Waals surface area contributed by atoms with E-state index in [0.29, 0.717) is 11.4 Å². The summed E-state index contributed by atoms with van der Waals surface area (Å²) < 4.78 is 19.3. The summed E-state index contributed by atoms with van der Waals surface area (Å²) in [5.41, 5.74) is 0.361. The molecule has 0 aliphatic rings. The second-order valence-electron chi connectivity index (χ2n) is 4.96. The molecule has 0 N–H and O–H groups in total. The Balaban J connectivity index is 2.50. The molecule has 0 aliphatic carbocycles. The van der Waals surface area contributed by atoms with E-state index in [-0.39, 0.29) is 11.2 Å². The number of halogens is 1. The molecule has 2 rings (SSSR count). The van der Waals surface area contributed by atoms with E-state index in [1.54, 1.807) is 18.3 Å². The van der Waals surface area contributed by atoms with Gasteiger partial charge in [0, 0.05) is 5.41 Å². The van der Waals surface area contributed by atoms with Gasteiger partial charge in [-0.05, 0) is 24.3 Å². The fourth-order valence-electron chi connectivity index (χ4n) is 1.47. The minimum absolute atomic E-state index is 0.232. The molecular formula is C13H14FNO2. The van der Waals surface area contributed by atoms with E-state index in [4.69, 9.17) is 4.42 Å². The van der Waals surface area contributed by atoms with Gasteiger partial charge < -0.3 is 4.42 Å². The summed E-state index contributed by atoms with van der Waals surface area (Å²) in [4.78, 5) is 11.7. The van der Waals surface area contributed by atoms with Crippen LogP contribution in [0.25, 0.3) is 5.69 Å². The van der Waals surface area contributed by atoms with Crippen LogP contribution in [-0.2, 0) is 5.41 Å². The molecule has 1 aromatic heterocycles. The lowest BCUT2D eigenvalue weighted by Gasteiger charge is -2.12. The summed E-state index contributed by atoms with van der Waals surface area (Å²) in [6.07, 6.45) is 1.65. The van der Waals surface area contributed by atoms with Crippen LogP contribution in [0.1, 0.15) is 26.5 Å². The molecule has 3 nitrogen and oxygen atoms in total. The zero-order valence-electron chi connectivity index (χ0n) is 10.0. The molecule has 0 unspecified atom stereocenters. The van der Waals surface area contributed by atoms with E-state index < -0.39 is 5.76 Å². The van der Waals surface area contributed by atoms with Crippen LogP contribution in [0.4, 0.5) is 4.39 Å². The Labute approximate surface area is 98.5 Å². The topological polar surface area (TPSA) is 35.1 Å². The summed E-state index contributed by atoms with van der Waals surface area (Å²) in [7, 11) is 0. The standard InChI is InChI=1S/C13H14FNO2/c1-13(2,3)11-8-15(12(16)17-11)10-6-4-9(14)5-7-10/h4-8H,1-3H3. The zero-order chi connectivity index (χ0) is 12.6. The van der Waals surface area contributed by atoms with E-state index in [0.717, 1.165) is 0 Å². The molecule has 0 saturated carbocycles. The van der Waals surface area contributed by atoms with Crippen LogP contribution >= 0.6 is 0 Å². The van der Waals surface area contributed by atoms with Crippen LogP contribution in [0.3, 0.4) is 0 Å². The van der Waals surface area contributed by atoms with Crippen LogP contribution in [0.5, 0.6) is 0 Å².